The Morgan fingerprint density at radius 2 is 2.21 bits per heavy atom. The molecule has 0 radical (unpaired) electrons. The molecule has 0 saturated carbocycles. The van der Waals surface area contributed by atoms with Crippen molar-refractivity contribution in [2.24, 2.45) is 5.73 Å². The largest absolute Gasteiger partial charge is 0.437 e. The van der Waals surface area contributed by atoms with Gasteiger partial charge < -0.3 is 10.5 Å². The molecule has 98 valence electrons. The van der Waals surface area contributed by atoms with Crippen LogP contribution in [0.5, 0.6) is 11.6 Å². The number of nitrogens with zero attached hydrogens (tertiary/aromatic N) is 2. The number of pyridine rings is 2. The van der Waals surface area contributed by atoms with E-state index in [1.807, 2.05) is 6.07 Å². The first-order chi connectivity index (χ1) is 9.08. The summed E-state index contributed by atoms with van der Waals surface area (Å²) in [6.07, 6.45) is 3.18. The van der Waals surface area contributed by atoms with E-state index in [-0.39, 0.29) is 0 Å². The first-order valence-corrected chi connectivity index (χ1v) is 6.41. The van der Waals surface area contributed by atoms with Gasteiger partial charge >= 0.3 is 0 Å². The van der Waals surface area contributed by atoms with Crippen LogP contribution < -0.4 is 10.5 Å². The van der Waals surface area contributed by atoms with Crippen molar-refractivity contribution in [2.45, 2.75) is 12.8 Å². The highest BCUT2D eigenvalue weighted by Gasteiger charge is 2.17. The van der Waals surface area contributed by atoms with Crippen molar-refractivity contribution in [2.75, 3.05) is 0 Å². The molecule has 0 saturated heterocycles. The van der Waals surface area contributed by atoms with E-state index in [0.717, 1.165) is 0 Å². The highest BCUT2D eigenvalue weighted by atomic mass is 79.9. The van der Waals surface area contributed by atoms with E-state index >= 15 is 0 Å². The molecule has 1 unspecified atom stereocenters. The summed E-state index contributed by atoms with van der Waals surface area (Å²) in [6.45, 7) is 1.70. The molecule has 1 atom stereocenters. The van der Waals surface area contributed by atoms with Crippen molar-refractivity contribution >= 4 is 21.8 Å². The number of ether oxygens (including phenoxy) is 1. The lowest BCUT2D eigenvalue weighted by Gasteiger charge is -2.10. The molecule has 0 aliphatic carbocycles. The first-order valence-electron chi connectivity index (χ1n) is 5.61. The van der Waals surface area contributed by atoms with Gasteiger partial charge in [0.15, 0.2) is 0 Å². The van der Waals surface area contributed by atoms with Crippen molar-refractivity contribution in [1.29, 1.82) is 0 Å². The monoisotopic (exact) mass is 321 g/mol. The lowest BCUT2D eigenvalue weighted by atomic mass is 10.1. The topological polar surface area (TPSA) is 78.1 Å². The van der Waals surface area contributed by atoms with Gasteiger partial charge in [-0.25, -0.2) is 4.98 Å². The van der Waals surface area contributed by atoms with Gasteiger partial charge in [0.2, 0.25) is 11.8 Å². The maximum atomic E-state index is 11.1. The van der Waals surface area contributed by atoms with Gasteiger partial charge in [-0.3, -0.25) is 9.78 Å². The fourth-order valence-electron chi connectivity index (χ4n) is 1.47. The fourth-order valence-corrected chi connectivity index (χ4v) is 2.14. The van der Waals surface area contributed by atoms with Gasteiger partial charge in [0.25, 0.3) is 0 Å². The third-order valence-corrected chi connectivity index (χ3v) is 3.18. The predicted molar refractivity (Wildman–Crippen MR) is 73.9 cm³/mol. The van der Waals surface area contributed by atoms with E-state index < -0.39 is 11.8 Å². The summed E-state index contributed by atoms with van der Waals surface area (Å²) in [4.78, 5) is 19.4. The lowest BCUT2D eigenvalue weighted by molar-refractivity contribution is -0.119. The van der Waals surface area contributed by atoms with Crippen LogP contribution in [0.3, 0.4) is 0 Å². The summed E-state index contributed by atoms with van der Waals surface area (Å²) in [7, 11) is 0. The van der Waals surface area contributed by atoms with Crippen LogP contribution in [-0.4, -0.2) is 15.9 Å². The predicted octanol–water partition coefficient (Wildman–Crippen LogP) is 2.62. The van der Waals surface area contributed by atoms with Crippen LogP contribution in [0.2, 0.25) is 0 Å². The normalized spacial score (nSPS) is 11.9. The Bertz CT molecular complexity index is 590. The van der Waals surface area contributed by atoms with Crippen molar-refractivity contribution in [3.05, 3.63) is 46.8 Å². The molecule has 0 aromatic carbocycles. The number of amides is 1. The van der Waals surface area contributed by atoms with Gasteiger partial charge in [0.05, 0.1) is 17.8 Å². The van der Waals surface area contributed by atoms with E-state index in [0.29, 0.717) is 21.8 Å². The van der Waals surface area contributed by atoms with Crippen LogP contribution in [0.15, 0.2) is 41.1 Å². The average molecular weight is 322 g/mol. The Hall–Kier alpha value is -1.95. The Balaban J connectivity index is 2.22. The lowest BCUT2D eigenvalue weighted by Crippen LogP contribution is -2.20. The summed E-state index contributed by atoms with van der Waals surface area (Å²) in [5, 5.41) is 0. The van der Waals surface area contributed by atoms with E-state index in [2.05, 4.69) is 25.9 Å². The molecule has 5 nitrogen and oxygen atoms in total. The molecule has 2 aromatic heterocycles. The van der Waals surface area contributed by atoms with Crippen LogP contribution in [0, 0.1) is 0 Å². The number of rotatable bonds is 4. The van der Waals surface area contributed by atoms with Crippen molar-refractivity contribution in [3.63, 3.8) is 0 Å². The highest BCUT2D eigenvalue weighted by molar-refractivity contribution is 9.10. The summed E-state index contributed by atoms with van der Waals surface area (Å²) in [5.74, 6) is 0.128. The number of carbonyl (C=O) groups is 1. The highest BCUT2D eigenvalue weighted by Crippen LogP contribution is 2.28. The molecule has 19 heavy (non-hydrogen) atoms. The standard InChI is InChI=1S/C13H12BrN3O2/c1-8(13(15)18)12-10(14)6-9(7-17-12)19-11-4-2-3-5-16-11/h2-8H,1H3,(H2,15,18). The van der Waals surface area contributed by atoms with E-state index in [1.54, 1.807) is 31.3 Å². The smallest absolute Gasteiger partial charge is 0.226 e. The Kier molecular flexibility index (Phi) is 4.11. The number of hydrogen-bond acceptors (Lipinski definition) is 4. The molecule has 0 aliphatic rings. The number of primary amides is 1. The van der Waals surface area contributed by atoms with Crippen LogP contribution in [0.4, 0.5) is 0 Å². The minimum atomic E-state index is -0.460. The number of hydrogen-bond donors (Lipinski definition) is 1. The minimum Gasteiger partial charge on any atom is -0.437 e. The molecule has 6 heteroatoms. The number of carbonyl (C=O) groups excluding carboxylic acids is 1. The zero-order chi connectivity index (χ0) is 13.8. The fraction of sp³-hybridized carbons (Fsp3) is 0.154. The van der Waals surface area contributed by atoms with Gasteiger partial charge in [0.1, 0.15) is 5.75 Å². The van der Waals surface area contributed by atoms with Crippen molar-refractivity contribution in [3.8, 4) is 11.6 Å². The van der Waals surface area contributed by atoms with Crippen LogP contribution in [0.1, 0.15) is 18.5 Å². The zero-order valence-electron chi connectivity index (χ0n) is 10.2. The van der Waals surface area contributed by atoms with Gasteiger partial charge in [-0.1, -0.05) is 6.07 Å². The molecular weight excluding hydrogens is 310 g/mol. The summed E-state index contributed by atoms with van der Waals surface area (Å²) >= 11 is 3.36. The molecule has 0 spiro atoms. The second kappa shape index (κ2) is 5.79. The number of aromatic nitrogens is 2. The third-order valence-electron chi connectivity index (χ3n) is 2.54. The first kappa shape index (κ1) is 13.5. The Morgan fingerprint density at radius 3 is 2.79 bits per heavy atom. The van der Waals surface area contributed by atoms with Gasteiger partial charge in [-0.2, -0.15) is 0 Å². The third kappa shape index (κ3) is 3.29. The van der Waals surface area contributed by atoms with E-state index in [4.69, 9.17) is 10.5 Å². The quantitative estimate of drug-likeness (QED) is 0.938. The molecule has 2 aromatic rings. The molecule has 2 rings (SSSR count). The maximum Gasteiger partial charge on any atom is 0.226 e. The zero-order valence-corrected chi connectivity index (χ0v) is 11.8. The second-order valence-electron chi connectivity index (χ2n) is 3.93. The van der Waals surface area contributed by atoms with E-state index in [1.165, 1.54) is 6.20 Å². The Morgan fingerprint density at radius 1 is 1.42 bits per heavy atom. The van der Waals surface area contributed by atoms with Crippen LogP contribution >= 0.6 is 15.9 Å². The maximum absolute atomic E-state index is 11.1. The van der Waals surface area contributed by atoms with E-state index in [9.17, 15) is 4.79 Å². The molecule has 2 N–H and O–H groups in total. The van der Waals surface area contributed by atoms with Crippen molar-refractivity contribution in [1.82, 2.24) is 9.97 Å². The molecule has 1 amide bonds. The molecule has 0 fully saturated rings. The molecule has 0 aliphatic heterocycles. The SMILES string of the molecule is CC(C(N)=O)c1ncc(Oc2ccccn2)cc1Br. The number of nitrogens with two attached hydrogens (primary N) is 1. The van der Waals surface area contributed by atoms with Crippen molar-refractivity contribution < 1.29 is 9.53 Å². The van der Waals surface area contributed by atoms with Gasteiger partial charge in [-0.15, -0.1) is 0 Å². The van der Waals surface area contributed by atoms with Crippen LogP contribution in [-0.2, 0) is 4.79 Å². The summed E-state index contributed by atoms with van der Waals surface area (Å²) in [6, 6.07) is 7.11. The molecule has 2 heterocycles. The Labute approximate surface area is 119 Å². The van der Waals surface area contributed by atoms with Crippen LogP contribution in [0.25, 0.3) is 0 Å². The second-order valence-corrected chi connectivity index (χ2v) is 4.79. The molecule has 0 bridgehead atoms. The van der Waals surface area contributed by atoms with Gasteiger partial charge in [-0.05, 0) is 35.0 Å². The average Bonchev–Trinajstić information content (AvgIpc) is 2.39. The van der Waals surface area contributed by atoms with Gasteiger partial charge in [0, 0.05) is 16.7 Å². The minimum absolute atomic E-state index is 0.424. The summed E-state index contributed by atoms with van der Waals surface area (Å²) < 4.78 is 6.21. The summed E-state index contributed by atoms with van der Waals surface area (Å²) in [5.41, 5.74) is 5.84. The number of halogens is 1. The molecular formula is C13H12BrN3O2.